The molecule has 1 aliphatic carbocycles. The van der Waals surface area contributed by atoms with E-state index < -0.39 is 5.97 Å². The maximum atomic E-state index is 11.4. The minimum absolute atomic E-state index is 0.0821. The molecule has 6 nitrogen and oxygen atoms in total. The van der Waals surface area contributed by atoms with Gasteiger partial charge in [0.05, 0.1) is 26.1 Å². The molecule has 1 aromatic heterocycles. The topological polar surface area (TPSA) is 84.3 Å². The van der Waals surface area contributed by atoms with Crippen LogP contribution >= 0.6 is 0 Å². The molecule has 1 aromatic rings. The summed E-state index contributed by atoms with van der Waals surface area (Å²) in [5.74, 6) is 0.0296. The fraction of sp³-hybridized carbons (Fsp3) is 0.643. The highest BCUT2D eigenvalue weighted by atomic mass is 16.5. The second-order valence-corrected chi connectivity index (χ2v) is 5.35. The zero-order valence-electron chi connectivity index (χ0n) is 11.8. The van der Waals surface area contributed by atoms with Gasteiger partial charge in [0, 0.05) is 12.0 Å². The number of nitrogens with zero attached hydrogens (tertiary/aromatic N) is 2. The van der Waals surface area contributed by atoms with E-state index in [4.69, 9.17) is 0 Å². The molecule has 2 N–H and O–H groups in total. The van der Waals surface area contributed by atoms with Gasteiger partial charge < -0.3 is 15.2 Å². The van der Waals surface area contributed by atoms with E-state index in [0.29, 0.717) is 12.4 Å². The van der Waals surface area contributed by atoms with Gasteiger partial charge in [-0.25, -0.2) is 9.78 Å². The normalized spacial score (nSPS) is 17.5. The minimum atomic E-state index is -0.504. The molecule has 0 bridgehead atoms. The van der Waals surface area contributed by atoms with Gasteiger partial charge in [0.2, 0.25) is 0 Å². The van der Waals surface area contributed by atoms with Gasteiger partial charge in [0.15, 0.2) is 5.69 Å². The summed E-state index contributed by atoms with van der Waals surface area (Å²) in [5, 5.41) is 12.8. The fourth-order valence-corrected chi connectivity index (χ4v) is 2.62. The van der Waals surface area contributed by atoms with Crippen LogP contribution in [0.15, 0.2) is 12.4 Å². The number of aliphatic hydroxyl groups excluding tert-OH is 1. The Morgan fingerprint density at radius 2 is 2.15 bits per heavy atom. The lowest BCUT2D eigenvalue weighted by atomic mass is 9.74. The summed E-state index contributed by atoms with van der Waals surface area (Å²) in [4.78, 5) is 19.5. The molecule has 0 atom stereocenters. The molecule has 0 radical (unpaired) electrons. The van der Waals surface area contributed by atoms with Gasteiger partial charge in [-0.1, -0.05) is 19.3 Å². The zero-order valence-corrected chi connectivity index (χ0v) is 11.8. The van der Waals surface area contributed by atoms with E-state index >= 15 is 0 Å². The number of methoxy groups -OCH3 is 1. The highest BCUT2D eigenvalue weighted by molar-refractivity contribution is 5.87. The first-order valence-electron chi connectivity index (χ1n) is 6.94. The number of anilines is 1. The molecule has 0 aliphatic heterocycles. The van der Waals surface area contributed by atoms with Crippen molar-refractivity contribution in [3.63, 3.8) is 0 Å². The SMILES string of the molecule is COC(=O)c1cncc(NCC2(CO)CCCCC2)n1. The standard InChI is InChI=1S/C14H21N3O3/c1-20-13(19)11-7-15-8-12(17-11)16-9-14(10-18)5-3-2-4-6-14/h7-8,18H,2-6,9-10H2,1H3,(H,16,17). The average molecular weight is 279 g/mol. The molecule has 1 saturated carbocycles. The lowest BCUT2D eigenvalue weighted by Crippen LogP contribution is -2.35. The third-order valence-corrected chi connectivity index (χ3v) is 3.92. The highest BCUT2D eigenvalue weighted by Gasteiger charge is 2.31. The summed E-state index contributed by atoms with van der Waals surface area (Å²) in [6, 6.07) is 0. The largest absolute Gasteiger partial charge is 0.464 e. The molecule has 1 fully saturated rings. The van der Waals surface area contributed by atoms with Crippen LogP contribution in [0.1, 0.15) is 42.6 Å². The van der Waals surface area contributed by atoms with Crippen LogP contribution in [0.25, 0.3) is 0 Å². The van der Waals surface area contributed by atoms with Gasteiger partial charge in [-0.3, -0.25) is 4.98 Å². The second kappa shape index (κ2) is 6.65. The quantitative estimate of drug-likeness (QED) is 0.797. The lowest BCUT2D eigenvalue weighted by Gasteiger charge is -2.35. The number of carbonyl (C=O) groups excluding carboxylic acids is 1. The Bertz CT molecular complexity index is 459. The van der Waals surface area contributed by atoms with Gasteiger partial charge in [0.25, 0.3) is 0 Å². The first-order chi connectivity index (χ1) is 9.69. The van der Waals surface area contributed by atoms with Crippen LogP contribution in [0, 0.1) is 5.41 Å². The van der Waals surface area contributed by atoms with Gasteiger partial charge in [0.1, 0.15) is 5.82 Å². The molecule has 20 heavy (non-hydrogen) atoms. The Labute approximate surface area is 118 Å². The molecule has 0 amide bonds. The molecule has 6 heteroatoms. The van der Waals surface area contributed by atoms with Crippen molar-refractivity contribution in [2.75, 3.05) is 25.6 Å². The predicted octanol–water partition coefficient (Wildman–Crippen LogP) is 1.62. The fourth-order valence-electron chi connectivity index (χ4n) is 2.62. The van der Waals surface area contributed by atoms with Gasteiger partial charge in [-0.2, -0.15) is 0 Å². The monoisotopic (exact) mass is 279 g/mol. The van der Waals surface area contributed by atoms with Gasteiger partial charge in [-0.05, 0) is 12.8 Å². The van der Waals surface area contributed by atoms with Gasteiger partial charge >= 0.3 is 5.97 Å². The van der Waals surface area contributed by atoms with Gasteiger partial charge in [-0.15, -0.1) is 0 Å². The maximum Gasteiger partial charge on any atom is 0.358 e. The third kappa shape index (κ3) is 3.45. The number of rotatable bonds is 5. The molecular formula is C14H21N3O3. The van der Waals surface area contributed by atoms with Crippen LogP contribution in [0.4, 0.5) is 5.82 Å². The number of aliphatic hydroxyl groups is 1. The second-order valence-electron chi connectivity index (χ2n) is 5.35. The van der Waals surface area contributed by atoms with Crippen molar-refractivity contribution in [1.29, 1.82) is 0 Å². The van der Waals surface area contributed by atoms with Crippen molar-refractivity contribution in [2.24, 2.45) is 5.41 Å². The molecule has 1 aliphatic rings. The average Bonchev–Trinajstić information content (AvgIpc) is 2.53. The molecule has 2 rings (SSSR count). The summed E-state index contributed by atoms with van der Waals surface area (Å²) in [7, 11) is 1.31. The van der Waals surface area contributed by atoms with E-state index in [2.05, 4.69) is 20.0 Å². The van der Waals surface area contributed by atoms with Crippen LogP contribution in [0.5, 0.6) is 0 Å². The smallest absolute Gasteiger partial charge is 0.358 e. The number of esters is 1. The Kier molecular flexibility index (Phi) is 4.89. The Morgan fingerprint density at radius 3 is 2.80 bits per heavy atom. The summed E-state index contributed by atoms with van der Waals surface area (Å²) in [6.45, 7) is 0.812. The Hall–Kier alpha value is -1.69. The van der Waals surface area contributed by atoms with Crippen LogP contribution in [-0.4, -0.2) is 41.3 Å². The van der Waals surface area contributed by atoms with Crippen molar-refractivity contribution < 1.29 is 14.6 Å². The number of carbonyl (C=O) groups is 1. The van der Waals surface area contributed by atoms with E-state index in [1.165, 1.54) is 19.7 Å². The number of ether oxygens (including phenoxy) is 1. The molecular weight excluding hydrogens is 258 g/mol. The summed E-state index contributed by atoms with van der Waals surface area (Å²) in [6.07, 6.45) is 8.51. The lowest BCUT2D eigenvalue weighted by molar-refractivity contribution is 0.0593. The molecule has 1 heterocycles. The molecule has 0 saturated heterocycles. The number of aromatic nitrogens is 2. The highest BCUT2D eigenvalue weighted by Crippen LogP contribution is 2.35. The minimum Gasteiger partial charge on any atom is -0.464 e. The van der Waals surface area contributed by atoms with Crippen molar-refractivity contribution in [2.45, 2.75) is 32.1 Å². The number of hydrogen-bond donors (Lipinski definition) is 2. The predicted molar refractivity (Wildman–Crippen MR) is 74.5 cm³/mol. The van der Waals surface area contributed by atoms with Crippen LogP contribution in [-0.2, 0) is 4.74 Å². The number of nitrogens with one attached hydrogen (secondary N) is 1. The maximum absolute atomic E-state index is 11.4. The number of hydrogen-bond acceptors (Lipinski definition) is 6. The molecule has 0 aromatic carbocycles. The molecule has 110 valence electrons. The van der Waals surface area contributed by atoms with E-state index in [9.17, 15) is 9.90 Å². The van der Waals surface area contributed by atoms with Crippen molar-refractivity contribution >= 4 is 11.8 Å². The zero-order chi connectivity index (χ0) is 14.4. The van der Waals surface area contributed by atoms with E-state index in [1.54, 1.807) is 6.20 Å². The van der Waals surface area contributed by atoms with Crippen molar-refractivity contribution in [3.05, 3.63) is 18.1 Å². The Balaban J connectivity index is 2.01. The first kappa shape index (κ1) is 14.7. The first-order valence-corrected chi connectivity index (χ1v) is 6.94. The summed E-state index contributed by atoms with van der Waals surface area (Å²) < 4.78 is 4.62. The van der Waals surface area contributed by atoms with E-state index in [1.807, 2.05) is 0 Å². The van der Waals surface area contributed by atoms with Crippen molar-refractivity contribution in [3.8, 4) is 0 Å². The van der Waals surface area contributed by atoms with Crippen molar-refractivity contribution in [1.82, 2.24) is 9.97 Å². The van der Waals surface area contributed by atoms with Crippen LogP contribution in [0.2, 0.25) is 0 Å². The summed E-state index contributed by atoms with van der Waals surface area (Å²) >= 11 is 0. The molecule has 0 spiro atoms. The summed E-state index contributed by atoms with van der Waals surface area (Å²) in [5.41, 5.74) is 0.0977. The van der Waals surface area contributed by atoms with E-state index in [0.717, 1.165) is 25.7 Å². The van der Waals surface area contributed by atoms with E-state index in [-0.39, 0.29) is 17.7 Å². The molecule has 0 unspecified atom stereocenters. The van der Waals surface area contributed by atoms with Crippen LogP contribution < -0.4 is 5.32 Å². The van der Waals surface area contributed by atoms with Crippen LogP contribution in [0.3, 0.4) is 0 Å². The Morgan fingerprint density at radius 1 is 1.40 bits per heavy atom. The third-order valence-electron chi connectivity index (χ3n) is 3.92.